The maximum atomic E-state index is 12.1. The van der Waals surface area contributed by atoms with Gasteiger partial charge in [0, 0.05) is 26.2 Å². The maximum Gasteiger partial charge on any atom is 0.312 e. The van der Waals surface area contributed by atoms with Crippen LogP contribution in [-0.4, -0.2) is 65.8 Å². The molecule has 0 aliphatic carbocycles. The first-order valence-corrected chi connectivity index (χ1v) is 7.52. The molecule has 1 rings (SSSR count). The Bertz CT molecular complexity index is 399. The molecule has 0 aromatic heterocycles. The van der Waals surface area contributed by atoms with Gasteiger partial charge in [-0.3, -0.25) is 14.4 Å². The van der Waals surface area contributed by atoms with E-state index in [2.05, 4.69) is 5.32 Å². The molecule has 7 nitrogen and oxygen atoms in total. The van der Waals surface area contributed by atoms with Crippen LogP contribution in [0.5, 0.6) is 0 Å². The van der Waals surface area contributed by atoms with Gasteiger partial charge in [-0.2, -0.15) is 0 Å². The van der Waals surface area contributed by atoms with Gasteiger partial charge in [0.15, 0.2) is 0 Å². The summed E-state index contributed by atoms with van der Waals surface area (Å²) in [6, 6.07) is 0. The number of hydrogen-bond donors (Lipinski definition) is 2. The smallest absolute Gasteiger partial charge is 0.312 e. The molecular weight excluding hydrogens is 272 g/mol. The standard InChI is InChI=1S/C14H26N4O3/c1-4-14(5-2,10-15)16-11(19)9-18-8-7-17(6-3)12(20)13(18)21/h4-10,15H2,1-3H3,(H,16,19). The van der Waals surface area contributed by atoms with E-state index in [0.29, 0.717) is 26.2 Å². The summed E-state index contributed by atoms with van der Waals surface area (Å²) in [7, 11) is 0. The zero-order chi connectivity index (χ0) is 16.0. The molecule has 120 valence electrons. The van der Waals surface area contributed by atoms with E-state index in [1.165, 1.54) is 9.80 Å². The van der Waals surface area contributed by atoms with Crippen LogP contribution in [-0.2, 0) is 14.4 Å². The van der Waals surface area contributed by atoms with Crippen molar-refractivity contribution >= 4 is 17.7 Å². The summed E-state index contributed by atoms with van der Waals surface area (Å²) in [6.45, 7) is 7.37. The number of amides is 3. The SMILES string of the molecule is CCN1CCN(CC(=O)NC(CC)(CC)CN)C(=O)C1=O. The first kappa shape index (κ1) is 17.4. The van der Waals surface area contributed by atoms with Crippen molar-refractivity contribution in [3.8, 4) is 0 Å². The second-order valence-electron chi connectivity index (χ2n) is 5.35. The van der Waals surface area contributed by atoms with Crippen LogP contribution in [0, 0.1) is 0 Å². The molecule has 0 bridgehead atoms. The highest BCUT2D eigenvalue weighted by molar-refractivity contribution is 6.35. The third kappa shape index (κ3) is 3.93. The van der Waals surface area contributed by atoms with E-state index < -0.39 is 17.4 Å². The van der Waals surface area contributed by atoms with E-state index in [0.717, 1.165) is 12.8 Å². The molecule has 0 unspecified atom stereocenters. The molecule has 1 saturated heterocycles. The van der Waals surface area contributed by atoms with Crippen molar-refractivity contribution in [1.29, 1.82) is 0 Å². The summed E-state index contributed by atoms with van der Waals surface area (Å²) in [6.07, 6.45) is 1.45. The average molecular weight is 298 g/mol. The minimum atomic E-state index is -0.607. The fraction of sp³-hybridized carbons (Fsp3) is 0.786. The Labute approximate surface area is 125 Å². The highest BCUT2D eigenvalue weighted by Crippen LogP contribution is 2.13. The zero-order valence-electron chi connectivity index (χ0n) is 13.1. The summed E-state index contributed by atoms with van der Waals surface area (Å²) in [5, 5.41) is 2.90. The monoisotopic (exact) mass is 298 g/mol. The molecule has 21 heavy (non-hydrogen) atoms. The fourth-order valence-corrected chi connectivity index (χ4v) is 2.44. The number of carbonyl (C=O) groups excluding carboxylic acids is 3. The molecule has 3 N–H and O–H groups in total. The van der Waals surface area contributed by atoms with Gasteiger partial charge in [0.25, 0.3) is 0 Å². The quantitative estimate of drug-likeness (QED) is 0.608. The van der Waals surface area contributed by atoms with Crippen LogP contribution in [0.2, 0.25) is 0 Å². The molecule has 0 spiro atoms. The van der Waals surface area contributed by atoms with Crippen molar-refractivity contribution in [2.75, 3.05) is 32.7 Å². The number of nitrogens with one attached hydrogen (secondary N) is 1. The van der Waals surface area contributed by atoms with E-state index in [1.54, 1.807) is 0 Å². The largest absolute Gasteiger partial charge is 0.348 e. The van der Waals surface area contributed by atoms with Gasteiger partial charge in [0.1, 0.15) is 6.54 Å². The number of piperazine rings is 1. The van der Waals surface area contributed by atoms with Crippen LogP contribution in [0.25, 0.3) is 0 Å². The second-order valence-corrected chi connectivity index (χ2v) is 5.35. The Morgan fingerprint density at radius 3 is 2.14 bits per heavy atom. The van der Waals surface area contributed by atoms with Gasteiger partial charge in [-0.25, -0.2) is 0 Å². The van der Waals surface area contributed by atoms with Crippen LogP contribution >= 0.6 is 0 Å². The molecule has 1 aliphatic rings. The number of hydrogen-bond acceptors (Lipinski definition) is 4. The molecule has 7 heteroatoms. The number of nitrogens with two attached hydrogens (primary N) is 1. The molecule has 1 heterocycles. The van der Waals surface area contributed by atoms with E-state index >= 15 is 0 Å². The highest BCUT2D eigenvalue weighted by atomic mass is 16.2. The molecule has 1 aliphatic heterocycles. The lowest BCUT2D eigenvalue weighted by atomic mass is 9.93. The van der Waals surface area contributed by atoms with Crippen LogP contribution in [0.4, 0.5) is 0 Å². The van der Waals surface area contributed by atoms with Gasteiger partial charge >= 0.3 is 11.8 Å². The normalized spacial score (nSPS) is 16.4. The number of nitrogens with zero attached hydrogens (tertiary/aromatic N) is 2. The first-order valence-electron chi connectivity index (χ1n) is 7.52. The van der Waals surface area contributed by atoms with Crippen molar-refractivity contribution in [3.05, 3.63) is 0 Å². The van der Waals surface area contributed by atoms with Crippen LogP contribution in [0.15, 0.2) is 0 Å². The molecular formula is C14H26N4O3. The van der Waals surface area contributed by atoms with E-state index in [4.69, 9.17) is 5.73 Å². The predicted octanol–water partition coefficient (Wildman–Crippen LogP) is -0.689. The van der Waals surface area contributed by atoms with Gasteiger partial charge in [-0.05, 0) is 19.8 Å². The summed E-state index contributed by atoms with van der Waals surface area (Å²) in [5.74, 6) is -1.41. The molecule has 0 aromatic rings. The van der Waals surface area contributed by atoms with Crippen LogP contribution < -0.4 is 11.1 Å². The Morgan fingerprint density at radius 2 is 1.67 bits per heavy atom. The van der Waals surface area contributed by atoms with Crippen molar-refractivity contribution in [1.82, 2.24) is 15.1 Å². The van der Waals surface area contributed by atoms with Gasteiger partial charge in [0.05, 0.1) is 5.54 Å². The average Bonchev–Trinajstić information content (AvgIpc) is 2.50. The third-order valence-corrected chi connectivity index (χ3v) is 4.26. The second kappa shape index (κ2) is 7.40. The van der Waals surface area contributed by atoms with Crippen molar-refractivity contribution in [3.63, 3.8) is 0 Å². The first-order chi connectivity index (χ1) is 9.92. The fourth-order valence-electron chi connectivity index (χ4n) is 2.44. The van der Waals surface area contributed by atoms with Gasteiger partial charge in [-0.1, -0.05) is 13.8 Å². The van der Waals surface area contributed by atoms with Crippen molar-refractivity contribution < 1.29 is 14.4 Å². The van der Waals surface area contributed by atoms with Crippen molar-refractivity contribution in [2.24, 2.45) is 5.73 Å². The highest BCUT2D eigenvalue weighted by Gasteiger charge is 2.34. The molecule has 0 aromatic carbocycles. The van der Waals surface area contributed by atoms with Crippen molar-refractivity contribution in [2.45, 2.75) is 39.2 Å². The zero-order valence-corrected chi connectivity index (χ0v) is 13.1. The Morgan fingerprint density at radius 1 is 1.14 bits per heavy atom. The maximum absolute atomic E-state index is 12.1. The summed E-state index contributed by atoms with van der Waals surface area (Å²) >= 11 is 0. The lowest BCUT2D eigenvalue weighted by Gasteiger charge is -2.35. The van der Waals surface area contributed by atoms with E-state index in [-0.39, 0.29) is 12.5 Å². The summed E-state index contributed by atoms with van der Waals surface area (Å²) in [4.78, 5) is 38.6. The lowest BCUT2D eigenvalue weighted by Crippen LogP contribution is -2.59. The van der Waals surface area contributed by atoms with Gasteiger partial charge < -0.3 is 20.9 Å². The lowest BCUT2D eigenvalue weighted by molar-refractivity contribution is -0.156. The molecule has 0 saturated carbocycles. The van der Waals surface area contributed by atoms with E-state index in [9.17, 15) is 14.4 Å². The molecule has 0 radical (unpaired) electrons. The Hall–Kier alpha value is -1.63. The third-order valence-electron chi connectivity index (χ3n) is 4.26. The number of carbonyl (C=O) groups is 3. The van der Waals surface area contributed by atoms with Crippen LogP contribution in [0.3, 0.4) is 0 Å². The van der Waals surface area contributed by atoms with Gasteiger partial charge in [0.2, 0.25) is 5.91 Å². The Kier molecular flexibility index (Phi) is 6.14. The number of likely N-dealkylation sites (N-methyl/N-ethyl adjacent to an activating group) is 1. The predicted molar refractivity (Wildman–Crippen MR) is 79.3 cm³/mol. The summed E-state index contributed by atoms with van der Waals surface area (Å²) < 4.78 is 0. The van der Waals surface area contributed by atoms with E-state index in [1.807, 2.05) is 20.8 Å². The van der Waals surface area contributed by atoms with Gasteiger partial charge in [-0.15, -0.1) is 0 Å². The minimum Gasteiger partial charge on any atom is -0.348 e. The van der Waals surface area contributed by atoms with Crippen LogP contribution in [0.1, 0.15) is 33.6 Å². The Balaban J connectivity index is 2.63. The number of rotatable bonds is 7. The topological polar surface area (TPSA) is 95.7 Å². The molecule has 0 atom stereocenters. The molecule has 3 amide bonds. The molecule has 1 fully saturated rings. The minimum absolute atomic E-state index is 0.0934. The summed E-state index contributed by atoms with van der Waals surface area (Å²) in [5.41, 5.74) is 5.30.